The van der Waals surface area contributed by atoms with E-state index in [0.717, 1.165) is 17.3 Å². The Morgan fingerprint density at radius 2 is 2.00 bits per heavy atom. The number of hydrogen-bond donors (Lipinski definition) is 1. The van der Waals surface area contributed by atoms with Crippen molar-refractivity contribution in [2.24, 2.45) is 0 Å². The molecule has 0 unspecified atom stereocenters. The van der Waals surface area contributed by atoms with E-state index in [1.807, 2.05) is 13.8 Å². The molecule has 128 valence electrons. The summed E-state index contributed by atoms with van der Waals surface area (Å²) in [6.45, 7) is 5.45. The average molecular weight is 386 g/mol. The van der Waals surface area contributed by atoms with Gasteiger partial charge in [-0.05, 0) is 34.8 Å². The minimum absolute atomic E-state index is 0.0695. The molecule has 0 atom stereocenters. The van der Waals surface area contributed by atoms with Crippen molar-refractivity contribution in [3.63, 3.8) is 0 Å². The highest BCUT2D eigenvalue weighted by atomic mass is 79.9. The van der Waals surface area contributed by atoms with Crippen LogP contribution < -0.4 is 10.9 Å². The lowest BCUT2D eigenvalue weighted by molar-refractivity contribution is -0.136. The van der Waals surface area contributed by atoms with Crippen LogP contribution in [-0.4, -0.2) is 40.9 Å². The molecule has 0 aliphatic rings. The quantitative estimate of drug-likeness (QED) is 0.703. The van der Waals surface area contributed by atoms with Crippen molar-refractivity contribution in [3.05, 3.63) is 33.2 Å². The van der Waals surface area contributed by atoms with Crippen molar-refractivity contribution < 1.29 is 9.59 Å². The van der Waals surface area contributed by atoms with Gasteiger partial charge in [0, 0.05) is 42.8 Å². The van der Waals surface area contributed by atoms with E-state index in [1.54, 1.807) is 17.2 Å². The minimum Gasteiger partial charge on any atom is -0.355 e. The molecule has 0 aromatic carbocycles. The van der Waals surface area contributed by atoms with Gasteiger partial charge in [0.25, 0.3) is 5.56 Å². The molecule has 0 fully saturated rings. The van der Waals surface area contributed by atoms with Crippen LogP contribution in [0.2, 0.25) is 0 Å². The number of nitrogens with one attached hydrogen (secondary N) is 1. The largest absolute Gasteiger partial charge is 0.355 e. The van der Waals surface area contributed by atoms with E-state index in [0.29, 0.717) is 19.6 Å². The molecular formula is C16H24BrN3O3. The number of carbonyl (C=O) groups is 2. The predicted molar refractivity (Wildman–Crippen MR) is 93.2 cm³/mol. The molecule has 0 radical (unpaired) electrons. The first-order valence-corrected chi connectivity index (χ1v) is 8.67. The Morgan fingerprint density at radius 3 is 2.65 bits per heavy atom. The summed E-state index contributed by atoms with van der Waals surface area (Å²) in [5.74, 6) is -0.265. The lowest BCUT2D eigenvalue weighted by atomic mass is 10.3. The molecule has 6 nitrogen and oxygen atoms in total. The smallest absolute Gasteiger partial charge is 0.250 e. The Bertz CT molecular complexity index is 586. The normalized spacial score (nSPS) is 10.4. The Hall–Kier alpha value is -1.63. The van der Waals surface area contributed by atoms with Crippen molar-refractivity contribution in [3.8, 4) is 0 Å². The van der Waals surface area contributed by atoms with E-state index in [2.05, 4.69) is 21.2 Å². The summed E-state index contributed by atoms with van der Waals surface area (Å²) >= 11 is 3.31. The molecule has 2 amide bonds. The second kappa shape index (κ2) is 10.2. The standard InChI is InChI=1S/C16H24BrN3O3/c1-3-8-18-14(21)12-19(9-4-2)16(23)7-10-20-11-13(17)5-6-15(20)22/h5-6,11H,3-4,7-10,12H2,1-2H3,(H,18,21). The highest BCUT2D eigenvalue weighted by Gasteiger charge is 2.16. The zero-order valence-corrected chi connectivity index (χ0v) is 15.3. The first-order chi connectivity index (χ1) is 11.0. The lowest BCUT2D eigenvalue weighted by Gasteiger charge is -2.21. The molecule has 1 heterocycles. The first kappa shape index (κ1) is 19.4. The maximum absolute atomic E-state index is 12.3. The molecule has 7 heteroatoms. The Labute approximate surface area is 145 Å². The molecule has 0 bridgehead atoms. The summed E-state index contributed by atoms with van der Waals surface area (Å²) in [6.07, 6.45) is 3.49. The molecule has 1 N–H and O–H groups in total. The molecule has 1 aromatic heterocycles. The van der Waals surface area contributed by atoms with Gasteiger partial charge in [-0.2, -0.15) is 0 Å². The van der Waals surface area contributed by atoms with Crippen molar-refractivity contribution in [1.82, 2.24) is 14.8 Å². The van der Waals surface area contributed by atoms with Crippen LogP contribution in [0.1, 0.15) is 33.1 Å². The Kier molecular flexibility index (Phi) is 8.61. The summed E-state index contributed by atoms with van der Waals surface area (Å²) in [5, 5.41) is 2.77. The maximum atomic E-state index is 12.3. The van der Waals surface area contributed by atoms with Gasteiger partial charge in [-0.15, -0.1) is 0 Å². The van der Waals surface area contributed by atoms with Crippen LogP contribution in [-0.2, 0) is 16.1 Å². The molecule has 1 aromatic rings. The number of carbonyl (C=O) groups excluding carboxylic acids is 2. The fraction of sp³-hybridized carbons (Fsp3) is 0.562. The summed E-state index contributed by atoms with van der Waals surface area (Å²) in [7, 11) is 0. The van der Waals surface area contributed by atoms with Gasteiger partial charge in [0.1, 0.15) is 0 Å². The number of aryl methyl sites for hydroxylation is 1. The summed E-state index contributed by atoms with van der Waals surface area (Å²) in [5.41, 5.74) is -0.149. The van der Waals surface area contributed by atoms with Gasteiger partial charge in [-0.1, -0.05) is 13.8 Å². The second-order valence-corrected chi connectivity index (χ2v) is 6.21. The lowest BCUT2D eigenvalue weighted by Crippen LogP contribution is -2.41. The van der Waals surface area contributed by atoms with E-state index in [4.69, 9.17) is 0 Å². The number of amides is 2. The van der Waals surface area contributed by atoms with Gasteiger partial charge in [0.05, 0.1) is 6.54 Å². The molecule has 0 saturated carbocycles. The van der Waals surface area contributed by atoms with Crippen LogP contribution in [0.5, 0.6) is 0 Å². The van der Waals surface area contributed by atoms with E-state index in [-0.39, 0.29) is 30.3 Å². The highest BCUT2D eigenvalue weighted by molar-refractivity contribution is 9.10. The first-order valence-electron chi connectivity index (χ1n) is 7.88. The third kappa shape index (κ3) is 6.99. The number of halogens is 1. The molecule has 23 heavy (non-hydrogen) atoms. The fourth-order valence-corrected chi connectivity index (χ4v) is 2.49. The van der Waals surface area contributed by atoms with Crippen LogP contribution in [0, 0.1) is 0 Å². The van der Waals surface area contributed by atoms with Crippen LogP contribution in [0.15, 0.2) is 27.6 Å². The third-order valence-electron chi connectivity index (χ3n) is 3.27. The summed E-state index contributed by atoms with van der Waals surface area (Å²) < 4.78 is 2.28. The van der Waals surface area contributed by atoms with Crippen LogP contribution in [0.4, 0.5) is 0 Å². The second-order valence-electron chi connectivity index (χ2n) is 5.29. The zero-order valence-electron chi connectivity index (χ0n) is 13.7. The monoisotopic (exact) mass is 385 g/mol. The number of aromatic nitrogens is 1. The van der Waals surface area contributed by atoms with Gasteiger partial charge in [0.2, 0.25) is 11.8 Å². The molecule has 0 aliphatic heterocycles. The van der Waals surface area contributed by atoms with E-state index in [1.165, 1.54) is 10.6 Å². The van der Waals surface area contributed by atoms with E-state index in [9.17, 15) is 14.4 Å². The van der Waals surface area contributed by atoms with Crippen LogP contribution in [0.3, 0.4) is 0 Å². The van der Waals surface area contributed by atoms with Gasteiger partial charge in [0.15, 0.2) is 0 Å². The number of nitrogens with zero attached hydrogens (tertiary/aromatic N) is 2. The zero-order chi connectivity index (χ0) is 17.2. The molecule has 0 saturated heterocycles. The molecule has 1 rings (SSSR count). The number of hydrogen-bond acceptors (Lipinski definition) is 3. The summed E-state index contributed by atoms with van der Waals surface area (Å²) in [6, 6.07) is 3.12. The Balaban J connectivity index is 2.61. The van der Waals surface area contributed by atoms with Crippen molar-refractivity contribution in [2.45, 2.75) is 39.7 Å². The van der Waals surface area contributed by atoms with Gasteiger partial charge >= 0.3 is 0 Å². The van der Waals surface area contributed by atoms with Crippen LogP contribution >= 0.6 is 15.9 Å². The average Bonchev–Trinajstić information content (AvgIpc) is 2.53. The Morgan fingerprint density at radius 1 is 1.26 bits per heavy atom. The SMILES string of the molecule is CCCNC(=O)CN(CCC)C(=O)CCn1cc(Br)ccc1=O. The van der Waals surface area contributed by atoms with Crippen LogP contribution in [0.25, 0.3) is 0 Å². The molecular weight excluding hydrogens is 362 g/mol. The fourth-order valence-electron chi connectivity index (χ4n) is 2.11. The van der Waals surface area contributed by atoms with Gasteiger partial charge in [-0.25, -0.2) is 0 Å². The number of pyridine rings is 1. The number of rotatable bonds is 9. The topological polar surface area (TPSA) is 71.4 Å². The predicted octanol–water partition coefficient (Wildman–Crippen LogP) is 1.77. The van der Waals surface area contributed by atoms with Crippen molar-refractivity contribution in [2.75, 3.05) is 19.6 Å². The highest BCUT2D eigenvalue weighted by Crippen LogP contribution is 2.06. The van der Waals surface area contributed by atoms with Crippen molar-refractivity contribution >= 4 is 27.7 Å². The van der Waals surface area contributed by atoms with E-state index < -0.39 is 0 Å². The molecule has 0 spiro atoms. The van der Waals surface area contributed by atoms with Gasteiger partial charge in [-0.3, -0.25) is 14.4 Å². The minimum atomic E-state index is -0.149. The molecule has 0 aliphatic carbocycles. The third-order valence-corrected chi connectivity index (χ3v) is 3.74. The maximum Gasteiger partial charge on any atom is 0.250 e. The van der Waals surface area contributed by atoms with Gasteiger partial charge < -0.3 is 14.8 Å². The summed E-state index contributed by atoms with van der Waals surface area (Å²) in [4.78, 5) is 37.4. The van der Waals surface area contributed by atoms with Crippen molar-refractivity contribution in [1.29, 1.82) is 0 Å². The van der Waals surface area contributed by atoms with E-state index >= 15 is 0 Å².